The van der Waals surface area contributed by atoms with E-state index in [1.165, 1.54) is 11.3 Å². The number of benzene rings is 1. The molecule has 0 aliphatic carbocycles. The third-order valence-electron chi connectivity index (χ3n) is 2.56. The number of hydrogen-bond donors (Lipinski definition) is 1. The zero-order valence-corrected chi connectivity index (χ0v) is 11.7. The molecule has 2 rings (SSSR count). The maximum atomic E-state index is 10.9. The molecule has 1 N–H and O–H groups in total. The van der Waals surface area contributed by atoms with E-state index in [0.29, 0.717) is 12.3 Å². The number of para-hydroxylation sites is 1. The molecule has 100 valence electrons. The number of thiazole rings is 1. The van der Waals surface area contributed by atoms with E-state index < -0.39 is 5.97 Å². The Labute approximate surface area is 115 Å². The summed E-state index contributed by atoms with van der Waals surface area (Å²) in [5, 5.41) is 9.83. The van der Waals surface area contributed by atoms with Crippen LogP contribution in [0.15, 0.2) is 24.3 Å². The van der Waals surface area contributed by atoms with Crippen LogP contribution in [0.25, 0.3) is 11.3 Å². The van der Waals surface area contributed by atoms with Gasteiger partial charge in [-0.2, -0.15) is 0 Å². The molecule has 0 aliphatic heterocycles. The van der Waals surface area contributed by atoms with Crippen molar-refractivity contribution in [3.8, 4) is 17.0 Å². The third kappa shape index (κ3) is 3.12. The fourth-order valence-corrected chi connectivity index (χ4v) is 2.82. The van der Waals surface area contributed by atoms with Crippen LogP contribution in [0.4, 0.5) is 0 Å². The minimum absolute atomic E-state index is 0.0126. The van der Waals surface area contributed by atoms with Gasteiger partial charge in [0.2, 0.25) is 0 Å². The van der Waals surface area contributed by atoms with Crippen LogP contribution in [0.5, 0.6) is 5.75 Å². The summed E-state index contributed by atoms with van der Waals surface area (Å²) in [6.45, 7) is 4.36. The summed E-state index contributed by atoms with van der Waals surface area (Å²) in [5.41, 5.74) is 1.57. The van der Waals surface area contributed by atoms with Gasteiger partial charge in [0.05, 0.1) is 23.7 Å². The molecule has 0 saturated carbocycles. The summed E-state index contributed by atoms with van der Waals surface area (Å²) in [4.78, 5) is 16.1. The summed E-state index contributed by atoms with van der Waals surface area (Å²) in [6, 6.07) is 7.57. The number of carboxylic acid groups (broad SMARTS) is 1. The predicted molar refractivity (Wildman–Crippen MR) is 74.8 cm³/mol. The molecule has 1 heterocycles. The van der Waals surface area contributed by atoms with E-state index in [-0.39, 0.29) is 6.42 Å². The van der Waals surface area contributed by atoms with Gasteiger partial charge in [-0.1, -0.05) is 12.1 Å². The maximum absolute atomic E-state index is 10.9. The van der Waals surface area contributed by atoms with Crippen LogP contribution in [-0.4, -0.2) is 22.7 Å². The predicted octanol–water partition coefficient (Wildman–Crippen LogP) is 3.14. The Morgan fingerprint density at radius 3 is 2.84 bits per heavy atom. The van der Waals surface area contributed by atoms with E-state index in [2.05, 4.69) is 4.98 Å². The van der Waals surface area contributed by atoms with Gasteiger partial charge in [-0.25, -0.2) is 4.98 Å². The van der Waals surface area contributed by atoms with Crippen LogP contribution >= 0.6 is 11.3 Å². The maximum Gasteiger partial charge on any atom is 0.308 e. The molecule has 0 spiro atoms. The molecule has 19 heavy (non-hydrogen) atoms. The molecule has 0 unspecified atom stereocenters. The van der Waals surface area contributed by atoms with Crippen LogP contribution < -0.4 is 4.74 Å². The quantitative estimate of drug-likeness (QED) is 0.912. The first-order valence-electron chi connectivity index (χ1n) is 6.02. The monoisotopic (exact) mass is 277 g/mol. The van der Waals surface area contributed by atoms with E-state index in [4.69, 9.17) is 9.84 Å². The van der Waals surface area contributed by atoms with Gasteiger partial charge in [0.1, 0.15) is 5.75 Å². The smallest absolute Gasteiger partial charge is 0.308 e. The Morgan fingerprint density at radius 2 is 2.16 bits per heavy atom. The lowest BCUT2D eigenvalue weighted by atomic mass is 10.1. The number of nitrogens with zero attached hydrogens (tertiary/aromatic N) is 1. The average Bonchev–Trinajstić information content (AvgIpc) is 2.70. The van der Waals surface area contributed by atoms with Crippen molar-refractivity contribution < 1.29 is 14.6 Å². The number of hydrogen-bond acceptors (Lipinski definition) is 4. The second kappa shape index (κ2) is 5.84. The first-order chi connectivity index (χ1) is 9.11. The lowest BCUT2D eigenvalue weighted by molar-refractivity contribution is -0.136. The molecule has 0 aliphatic rings. The van der Waals surface area contributed by atoms with E-state index in [9.17, 15) is 4.79 Å². The molecule has 0 bridgehead atoms. The first-order valence-corrected chi connectivity index (χ1v) is 6.83. The Bertz CT molecular complexity index is 592. The standard InChI is InChI=1S/C14H15NO3S/c1-3-18-11-7-5-4-6-10(11)14-12(8-13(16)17)19-9(2)15-14/h4-7H,3,8H2,1-2H3,(H,16,17). The fourth-order valence-electron chi connectivity index (χ4n) is 1.88. The number of rotatable bonds is 5. The van der Waals surface area contributed by atoms with Gasteiger partial charge in [-0.3, -0.25) is 4.79 Å². The number of aromatic nitrogens is 1. The minimum Gasteiger partial charge on any atom is -0.493 e. The molecule has 0 radical (unpaired) electrons. The molecule has 0 amide bonds. The number of carbonyl (C=O) groups is 1. The largest absolute Gasteiger partial charge is 0.493 e. The fraction of sp³-hybridized carbons (Fsp3) is 0.286. The summed E-state index contributed by atoms with van der Waals surface area (Å²) in [6.07, 6.45) is -0.0126. The topological polar surface area (TPSA) is 59.4 Å². The first kappa shape index (κ1) is 13.5. The summed E-state index contributed by atoms with van der Waals surface area (Å²) in [5.74, 6) is -0.110. The van der Waals surface area contributed by atoms with Gasteiger partial charge in [-0.15, -0.1) is 11.3 Å². The summed E-state index contributed by atoms with van der Waals surface area (Å²) >= 11 is 1.42. The molecule has 0 fully saturated rings. The molecular weight excluding hydrogens is 262 g/mol. The van der Waals surface area contributed by atoms with Crippen molar-refractivity contribution in [3.63, 3.8) is 0 Å². The van der Waals surface area contributed by atoms with E-state index in [1.54, 1.807) is 0 Å². The number of ether oxygens (including phenoxy) is 1. The van der Waals surface area contributed by atoms with E-state index >= 15 is 0 Å². The number of carboxylic acids is 1. The van der Waals surface area contributed by atoms with Crippen LogP contribution in [0.3, 0.4) is 0 Å². The van der Waals surface area contributed by atoms with Crippen LogP contribution in [0.1, 0.15) is 16.8 Å². The van der Waals surface area contributed by atoms with Gasteiger partial charge in [0, 0.05) is 10.4 Å². The number of aliphatic carboxylic acids is 1. The van der Waals surface area contributed by atoms with Crippen molar-refractivity contribution in [1.82, 2.24) is 4.98 Å². The van der Waals surface area contributed by atoms with E-state index in [1.807, 2.05) is 38.1 Å². The highest BCUT2D eigenvalue weighted by atomic mass is 32.1. The SMILES string of the molecule is CCOc1ccccc1-c1nc(C)sc1CC(=O)O. The van der Waals surface area contributed by atoms with Gasteiger partial charge in [0.15, 0.2) is 0 Å². The van der Waals surface area contributed by atoms with Crippen molar-refractivity contribution in [1.29, 1.82) is 0 Å². The van der Waals surface area contributed by atoms with Crippen LogP contribution in [0, 0.1) is 6.92 Å². The van der Waals surface area contributed by atoms with E-state index in [0.717, 1.165) is 21.2 Å². The second-order valence-electron chi connectivity index (χ2n) is 4.00. The third-order valence-corrected chi connectivity index (χ3v) is 3.53. The lowest BCUT2D eigenvalue weighted by Crippen LogP contribution is -2.00. The normalized spacial score (nSPS) is 10.4. The van der Waals surface area contributed by atoms with Crippen LogP contribution in [-0.2, 0) is 11.2 Å². The highest BCUT2D eigenvalue weighted by Gasteiger charge is 2.17. The van der Waals surface area contributed by atoms with Crippen LogP contribution in [0.2, 0.25) is 0 Å². The second-order valence-corrected chi connectivity index (χ2v) is 5.29. The van der Waals surface area contributed by atoms with Crippen molar-refractivity contribution in [2.75, 3.05) is 6.61 Å². The Morgan fingerprint density at radius 1 is 1.42 bits per heavy atom. The molecule has 5 heteroatoms. The van der Waals surface area contributed by atoms with Crippen molar-refractivity contribution in [3.05, 3.63) is 34.2 Å². The Hall–Kier alpha value is -1.88. The van der Waals surface area contributed by atoms with Crippen molar-refractivity contribution in [2.24, 2.45) is 0 Å². The zero-order chi connectivity index (χ0) is 13.8. The summed E-state index contributed by atoms with van der Waals surface area (Å²) in [7, 11) is 0. The van der Waals surface area contributed by atoms with Gasteiger partial charge >= 0.3 is 5.97 Å². The molecule has 2 aromatic rings. The summed E-state index contributed by atoms with van der Waals surface area (Å²) < 4.78 is 5.58. The lowest BCUT2D eigenvalue weighted by Gasteiger charge is -2.09. The highest BCUT2D eigenvalue weighted by Crippen LogP contribution is 2.34. The highest BCUT2D eigenvalue weighted by molar-refractivity contribution is 7.12. The van der Waals surface area contributed by atoms with Crippen molar-refractivity contribution in [2.45, 2.75) is 20.3 Å². The Kier molecular flexibility index (Phi) is 4.16. The Balaban J connectivity index is 2.49. The molecular formula is C14H15NO3S. The van der Waals surface area contributed by atoms with Crippen molar-refractivity contribution >= 4 is 17.3 Å². The average molecular weight is 277 g/mol. The molecule has 4 nitrogen and oxygen atoms in total. The molecule has 0 saturated heterocycles. The van der Waals surface area contributed by atoms with Gasteiger partial charge in [-0.05, 0) is 26.0 Å². The van der Waals surface area contributed by atoms with Gasteiger partial charge < -0.3 is 9.84 Å². The number of aryl methyl sites for hydroxylation is 1. The van der Waals surface area contributed by atoms with Gasteiger partial charge in [0.25, 0.3) is 0 Å². The molecule has 1 aromatic carbocycles. The molecule has 1 aromatic heterocycles. The molecule has 0 atom stereocenters. The zero-order valence-electron chi connectivity index (χ0n) is 10.8. The minimum atomic E-state index is -0.848.